The van der Waals surface area contributed by atoms with Gasteiger partial charge in [0, 0.05) is 6.20 Å². The molecule has 26 heavy (non-hydrogen) atoms. The van der Waals surface area contributed by atoms with Crippen molar-refractivity contribution in [2.75, 3.05) is 12.3 Å². The maximum Gasteiger partial charge on any atom is 0.351 e. The third-order valence-electron chi connectivity index (χ3n) is 5.12. The summed E-state index contributed by atoms with van der Waals surface area (Å²) in [6.07, 6.45) is 5.75. The van der Waals surface area contributed by atoms with Crippen LogP contribution < -0.4 is 11.4 Å². The number of aliphatic hydroxyl groups is 3. The summed E-state index contributed by atoms with van der Waals surface area (Å²) in [7, 11) is 0. The van der Waals surface area contributed by atoms with Gasteiger partial charge in [-0.05, 0) is 12.5 Å². The lowest BCUT2D eigenvalue weighted by molar-refractivity contribution is -0.0984. The van der Waals surface area contributed by atoms with Crippen molar-refractivity contribution in [1.29, 1.82) is 0 Å². The van der Waals surface area contributed by atoms with Gasteiger partial charge in [0.1, 0.15) is 23.6 Å². The van der Waals surface area contributed by atoms with E-state index in [9.17, 15) is 20.1 Å². The highest BCUT2D eigenvalue weighted by molar-refractivity contribution is 5.23. The van der Waals surface area contributed by atoms with Gasteiger partial charge in [-0.3, -0.25) is 4.57 Å². The summed E-state index contributed by atoms with van der Waals surface area (Å²) in [5.74, 6) is 0.0655. The van der Waals surface area contributed by atoms with Crippen LogP contribution >= 0.6 is 0 Å². The molecule has 1 fully saturated rings. The molecule has 5 N–H and O–H groups in total. The summed E-state index contributed by atoms with van der Waals surface area (Å²) in [4.78, 5) is 15.6. The Morgan fingerprint density at radius 2 is 1.92 bits per heavy atom. The number of rotatable bonds is 10. The first-order valence-electron chi connectivity index (χ1n) is 9.45. The topological polar surface area (TPSA) is 131 Å². The average molecular weight is 369 g/mol. The molecule has 2 heterocycles. The molecule has 148 valence electrons. The van der Waals surface area contributed by atoms with Gasteiger partial charge in [-0.25, -0.2) is 4.79 Å². The van der Waals surface area contributed by atoms with Crippen molar-refractivity contribution in [3.63, 3.8) is 0 Å². The van der Waals surface area contributed by atoms with Gasteiger partial charge in [-0.2, -0.15) is 4.98 Å². The van der Waals surface area contributed by atoms with Crippen LogP contribution in [0.3, 0.4) is 0 Å². The average Bonchev–Trinajstić information content (AvgIpc) is 2.86. The van der Waals surface area contributed by atoms with Crippen LogP contribution in [0, 0.1) is 0 Å². The van der Waals surface area contributed by atoms with Gasteiger partial charge in [0.15, 0.2) is 6.23 Å². The van der Waals surface area contributed by atoms with Crippen LogP contribution in [0.4, 0.5) is 5.82 Å². The fourth-order valence-corrected chi connectivity index (χ4v) is 3.51. The third kappa shape index (κ3) is 4.62. The van der Waals surface area contributed by atoms with Crippen molar-refractivity contribution >= 4 is 5.82 Å². The Kier molecular flexibility index (Phi) is 7.57. The highest BCUT2D eigenvalue weighted by Crippen LogP contribution is 2.39. The van der Waals surface area contributed by atoms with Gasteiger partial charge in [0.05, 0.1) is 6.61 Å². The number of hydrogen-bond acceptors (Lipinski definition) is 7. The van der Waals surface area contributed by atoms with Crippen LogP contribution in [-0.2, 0) is 4.74 Å². The van der Waals surface area contributed by atoms with E-state index in [0.717, 1.165) is 23.8 Å². The van der Waals surface area contributed by atoms with Crippen molar-refractivity contribution in [3.8, 4) is 0 Å². The smallest absolute Gasteiger partial charge is 0.351 e. The van der Waals surface area contributed by atoms with Crippen LogP contribution in [0.1, 0.15) is 64.5 Å². The normalized spacial score (nSPS) is 28.5. The number of nitrogens with two attached hydrogens (primary N) is 1. The second-order valence-electron chi connectivity index (χ2n) is 7.05. The lowest BCUT2D eigenvalue weighted by Crippen LogP contribution is -2.49. The molecule has 0 spiro atoms. The Bertz CT molecular complexity index is 623. The standard InChI is InChI=1S/C18H31N3O5/c1-2-3-4-5-6-7-8-10-18(25)13(12-22)26-16(15(18)23)21-11-9-14(19)20-17(21)24/h9,11,13,15-16,22-23,25H,2-8,10,12H2,1H3,(H2,19,20,24)/t13-,15+,16-,18-/m1/s1. The number of anilines is 1. The molecule has 0 bridgehead atoms. The molecule has 0 amide bonds. The van der Waals surface area contributed by atoms with Gasteiger partial charge in [0.2, 0.25) is 0 Å². The molecule has 1 saturated heterocycles. The van der Waals surface area contributed by atoms with Crippen LogP contribution in [0.2, 0.25) is 0 Å². The predicted octanol–water partition coefficient (Wildman–Crippen LogP) is 0.948. The third-order valence-corrected chi connectivity index (χ3v) is 5.12. The van der Waals surface area contributed by atoms with Crippen molar-refractivity contribution in [2.45, 2.75) is 82.3 Å². The zero-order valence-electron chi connectivity index (χ0n) is 15.4. The van der Waals surface area contributed by atoms with Crippen LogP contribution in [-0.4, -0.2) is 49.3 Å². The van der Waals surface area contributed by atoms with E-state index in [-0.39, 0.29) is 5.82 Å². The molecular formula is C18H31N3O5. The molecule has 8 heteroatoms. The van der Waals surface area contributed by atoms with Gasteiger partial charge in [-0.1, -0.05) is 51.9 Å². The zero-order valence-corrected chi connectivity index (χ0v) is 15.4. The molecule has 0 aliphatic carbocycles. The van der Waals surface area contributed by atoms with E-state index < -0.39 is 36.3 Å². The number of aliphatic hydroxyl groups excluding tert-OH is 2. The molecule has 2 rings (SSSR count). The first-order valence-corrected chi connectivity index (χ1v) is 9.45. The SMILES string of the molecule is CCCCCCCCC[C@@]1(O)[C@@H](CO)O[C@@H](n2ccc(N)nc2=O)[C@@H]1O. The fourth-order valence-electron chi connectivity index (χ4n) is 3.51. The molecule has 0 aromatic carbocycles. The van der Waals surface area contributed by atoms with E-state index in [2.05, 4.69) is 11.9 Å². The molecule has 1 aromatic rings. The van der Waals surface area contributed by atoms with Gasteiger partial charge in [-0.15, -0.1) is 0 Å². The molecule has 1 aromatic heterocycles. The van der Waals surface area contributed by atoms with E-state index in [1.54, 1.807) is 0 Å². The van der Waals surface area contributed by atoms with Crippen LogP contribution in [0.5, 0.6) is 0 Å². The van der Waals surface area contributed by atoms with Gasteiger partial charge in [0.25, 0.3) is 0 Å². The van der Waals surface area contributed by atoms with E-state index in [1.165, 1.54) is 31.5 Å². The van der Waals surface area contributed by atoms with Gasteiger partial charge >= 0.3 is 5.69 Å². The molecule has 1 aliphatic heterocycles. The first kappa shape index (κ1) is 20.8. The summed E-state index contributed by atoms with van der Waals surface area (Å²) < 4.78 is 6.68. The van der Waals surface area contributed by atoms with E-state index in [0.29, 0.717) is 12.8 Å². The lowest BCUT2D eigenvalue weighted by atomic mass is 9.86. The number of unbranched alkanes of at least 4 members (excludes halogenated alkanes) is 6. The van der Waals surface area contributed by atoms with Crippen molar-refractivity contribution in [1.82, 2.24) is 9.55 Å². The van der Waals surface area contributed by atoms with Crippen LogP contribution in [0.25, 0.3) is 0 Å². The summed E-state index contributed by atoms with van der Waals surface area (Å²) in [6, 6.07) is 1.42. The molecule has 1 aliphatic rings. The van der Waals surface area contributed by atoms with E-state index in [1.807, 2.05) is 0 Å². The minimum Gasteiger partial charge on any atom is -0.394 e. The Balaban J connectivity index is 1.99. The zero-order chi connectivity index (χ0) is 19.2. The number of nitrogen functional groups attached to an aromatic ring is 1. The van der Waals surface area contributed by atoms with Crippen molar-refractivity contribution < 1.29 is 20.1 Å². The van der Waals surface area contributed by atoms with Gasteiger partial charge < -0.3 is 25.8 Å². The molecule has 4 atom stereocenters. The maximum atomic E-state index is 12.0. The largest absolute Gasteiger partial charge is 0.394 e. The summed E-state index contributed by atoms with van der Waals surface area (Å²) >= 11 is 0. The van der Waals surface area contributed by atoms with Crippen molar-refractivity contribution in [2.24, 2.45) is 0 Å². The lowest BCUT2D eigenvalue weighted by Gasteiger charge is -2.30. The first-order chi connectivity index (χ1) is 12.4. The molecule has 0 unspecified atom stereocenters. The number of hydrogen-bond donors (Lipinski definition) is 4. The highest BCUT2D eigenvalue weighted by atomic mass is 16.6. The number of nitrogens with zero attached hydrogens (tertiary/aromatic N) is 2. The van der Waals surface area contributed by atoms with Crippen molar-refractivity contribution in [3.05, 3.63) is 22.7 Å². The Labute approximate surface area is 153 Å². The predicted molar refractivity (Wildman–Crippen MR) is 97.5 cm³/mol. The number of aromatic nitrogens is 2. The molecule has 0 radical (unpaired) electrons. The summed E-state index contributed by atoms with van der Waals surface area (Å²) in [5.41, 5.74) is 3.19. The monoisotopic (exact) mass is 369 g/mol. The Hall–Kier alpha value is -1.48. The van der Waals surface area contributed by atoms with Crippen LogP contribution in [0.15, 0.2) is 17.1 Å². The second-order valence-corrected chi connectivity index (χ2v) is 7.05. The number of ether oxygens (including phenoxy) is 1. The Morgan fingerprint density at radius 3 is 2.54 bits per heavy atom. The maximum absolute atomic E-state index is 12.0. The molecule has 0 saturated carbocycles. The Morgan fingerprint density at radius 1 is 1.27 bits per heavy atom. The highest BCUT2D eigenvalue weighted by Gasteiger charge is 2.55. The summed E-state index contributed by atoms with van der Waals surface area (Å²) in [6.45, 7) is 1.72. The molecule has 8 nitrogen and oxygen atoms in total. The van der Waals surface area contributed by atoms with E-state index >= 15 is 0 Å². The van der Waals surface area contributed by atoms with E-state index in [4.69, 9.17) is 10.5 Å². The fraction of sp³-hybridized carbons (Fsp3) is 0.778. The minimum absolute atomic E-state index is 0.0655. The minimum atomic E-state index is -1.61. The quantitative estimate of drug-likeness (QED) is 0.452. The summed E-state index contributed by atoms with van der Waals surface area (Å²) in [5, 5.41) is 31.1. The second kappa shape index (κ2) is 9.45. The molecular weight excluding hydrogens is 338 g/mol.